The maximum atomic E-state index is 13.7. The SMILES string of the molecule is CC(C)(C)N.CC(C)O.Cc1cc(C)c2c(c1)[C@@H](N(Cc1cc(C(F)(F)F)cc(C(F)(F)F)c1)c1nnn(C)n1)CCCN2CC1CCC(C(=O)O)CC1. The zero-order chi connectivity index (χ0) is 40.8. The summed E-state index contributed by atoms with van der Waals surface area (Å²) in [6, 6.07) is 5.23. The summed E-state index contributed by atoms with van der Waals surface area (Å²) in [5, 5.41) is 29.9. The molecule has 1 saturated carbocycles. The average Bonchev–Trinajstić information content (AvgIpc) is 3.37. The second kappa shape index (κ2) is 18.1. The summed E-state index contributed by atoms with van der Waals surface area (Å²) < 4.78 is 82.4. The lowest BCUT2D eigenvalue weighted by Crippen LogP contribution is -2.34. The van der Waals surface area contributed by atoms with Gasteiger partial charge in [-0.15, -0.1) is 5.10 Å². The van der Waals surface area contributed by atoms with Crippen LogP contribution >= 0.6 is 0 Å². The van der Waals surface area contributed by atoms with Crippen molar-refractivity contribution in [1.29, 1.82) is 0 Å². The number of aryl methyl sites for hydroxylation is 3. The molecular weight excluding hydrogens is 716 g/mol. The maximum Gasteiger partial charge on any atom is 0.416 e. The van der Waals surface area contributed by atoms with Crippen LogP contribution in [0, 0.1) is 25.7 Å². The number of nitrogens with zero attached hydrogens (tertiary/aromatic N) is 6. The van der Waals surface area contributed by atoms with E-state index in [4.69, 9.17) is 10.8 Å². The van der Waals surface area contributed by atoms with E-state index < -0.39 is 35.5 Å². The lowest BCUT2D eigenvalue weighted by atomic mass is 9.81. The van der Waals surface area contributed by atoms with Crippen LogP contribution in [-0.2, 0) is 30.7 Å². The molecule has 3 aromatic rings. The second-order valence-corrected chi connectivity index (χ2v) is 15.8. The Morgan fingerprint density at radius 3 is 1.94 bits per heavy atom. The molecule has 10 nitrogen and oxygen atoms in total. The van der Waals surface area contributed by atoms with Crippen molar-refractivity contribution >= 4 is 17.6 Å². The Balaban J connectivity index is 0.000000782. The molecule has 1 aromatic heterocycles. The molecule has 1 atom stereocenters. The number of aliphatic carboxylic acids is 1. The first kappa shape index (κ1) is 44.5. The molecule has 1 fully saturated rings. The van der Waals surface area contributed by atoms with E-state index in [1.54, 1.807) is 18.7 Å². The van der Waals surface area contributed by atoms with Crippen LogP contribution in [0.25, 0.3) is 0 Å². The number of alkyl halides is 6. The molecule has 2 heterocycles. The van der Waals surface area contributed by atoms with Crippen LogP contribution in [0.4, 0.5) is 38.0 Å². The van der Waals surface area contributed by atoms with Gasteiger partial charge in [-0.05, 0) is 133 Å². The predicted octanol–water partition coefficient (Wildman–Crippen LogP) is 8.23. The van der Waals surface area contributed by atoms with Crippen molar-refractivity contribution in [3.8, 4) is 0 Å². The molecule has 0 bridgehead atoms. The normalized spacial score (nSPS) is 19.2. The van der Waals surface area contributed by atoms with E-state index in [1.165, 1.54) is 11.8 Å². The number of hydrogen-bond acceptors (Lipinski definition) is 8. The van der Waals surface area contributed by atoms with Crippen molar-refractivity contribution in [1.82, 2.24) is 20.2 Å². The topological polar surface area (TPSA) is 134 Å². The highest BCUT2D eigenvalue weighted by Gasteiger charge is 2.38. The van der Waals surface area contributed by atoms with Gasteiger partial charge in [-0.25, -0.2) is 0 Å². The Hall–Kier alpha value is -3.92. The van der Waals surface area contributed by atoms with Gasteiger partial charge in [-0.1, -0.05) is 22.8 Å². The Morgan fingerprint density at radius 1 is 0.944 bits per heavy atom. The van der Waals surface area contributed by atoms with Crippen LogP contribution < -0.4 is 15.5 Å². The van der Waals surface area contributed by atoms with Crippen LogP contribution in [0.1, 0.15) is 113 Å². The smallest absolute Gasteiger partial charge is 0.416 e. The first-order chi connectivity index (χ1) is 24.8. The minimum atomic E-state index is -4.97. The molecule has 54 heavy (non-hydrogen) atoms. The number of aliphatic hydroxyl groups is 1. The molecule has 2 aliphatic rings. The first-order valence-electron chi connectivity index (χ1n) is 18.2. The number of aromatic nitrogens is 4. The fraction of sp³-hybridized carbons (Fsp3) is 0.632. The van der Waals surface area contributed by atoms with Crippen molar-refractivity contribution in [3.05, 3.63) is 63.7 Å². The Morgan fingerprint density at radius 2 is 1.48 bits per heavy atom. The van der Waals surface area contributed by atoms with E-state index in [0.29, 0.717) is 38.1 Å². The molecule has 0 spiro atoms. The van der Waals surface area contributed by atoms with E-state index in [2.05, 4.69) is 26.4 Å². The summed E-state index contributed by atoms with van der Waals surface area (Å²) in [7, 11) is 1.54. The lowest BCUT2D eigenvalue weighted by molar-refractivity contribution is -0.144. The van der Waals surface area contributed by atoms with Crippen molar-refractivity contribution in [3.63, 3.8) is 0 Å². The molecule has 0 saturated heterocycles. The van der Waals surface area contributed by atoms with Crippen LogP contribution in [0.15, 0.2) is 30.3 Å². The van der Waals surface area contributed by atoms with Gasteiger partial charge < -0.3 is 25.7 Å². The predicted molar refractivity (Wildman–Crippen MR) is 196 cm³/mol. The van der Waals surface area contributed by atoms with E-state index >= 15 is 0 Å². The van der Waals surface area contributed by atoms with Crippen LogP contribution in [0.3, 0.4) is 0 Å². The van der Waals surface area contributed by atoms with Crippen molar-refractivity contribution in [2.45, 2.75) is 124 Å². The molecule has 302 valence electrons. The van der Waals surface area contributed by atoms with Gasteiger partial charge in [0.05, 0.1) is 30.1 Å². The number of anilines is 2. The third-order valence-electron chi connectivity index (χ3n) is 8.86. The highest BCUT2D eigenvalue weighted by Crippen LogP contribution is 2.43. The standard InChI is InChI=1S/C31H36F6N6O2.C4H11N.C3H8O/c1-18-11-19(2)27-25(12-18)26(5-4-10-42(27)16-20-6-8-22(9-7-20)28(44)45)43(29-38-40-41(3)39-29)17-21-13-23(30(32,33)34)15-24(14-21)31(35,36)37;1-4(2,3)5;1-3(2)4/h11-15,20,22,26H,4-10,16-17H2,1-3H3,(H,44,45);5H2,1-3H3;3-4H,1-2H3/t20?,22?,26-;;/m0../s1. The van der Waals surface area contributed by atoms with Crippen LogP contribution in [0.5, 0.6) is 0 Å². The van der Waals surface area contributed by atoms with Crippen molar-refractivity contribution in [2.24, 2.45) is 24.6 Å². The van der Waals surface area contributed by atoms with Crippen molar-refractivity contribution < 1.29 is 41.4 Å². The number of carboxylic acid groups (broad SMARTS) is 1. The van der Waals surface area contributed by atoms with E-state index in [-0.39, 0.29) is 41.7 Å². The number of rotatable bonds is 7. The zero-order valence-electron chi connectivity index (χ0n) is 32.4. The third-order valence-corrected chi connectivity index (χ3v) is 8.86. The number of halogens is 6. The quantitative estimate of drug-likeness (QED) is 0.203. The summed E-state index contributed by atoms with van der Waals surface area (Å²) in [4.78, 5) is 16.6. The lowest BCUT2D eigenvalue weighted by Gasteiger charge is -2.36. The minimum absolute atomic E-state index is 0. The Bertz CT molecular complexity index is 1640. The summed E-state index contributed by atoms with van der Waals surface area (Å²) in [6.07, 6.45) is -6.04. The highest BCUT2D eigenvalue weighted by atomic mass is 19.4. The monoisotopic (exact) mass is 771 g/mol. The van der Waals surface area contributed by atoms with Gasteiger partial charge in [0.15, 0.2) is 0 Å². The summed E-state index contributed by atoms with van der Waals surface area (Å²) in [5.41, 5.74) is 6.25. The number of nitrogens with two attached hydrogens (primary N) is 1. The van der Waals surface area contributed by atoms with E-state index in [1.807, 2.05) is 40.7 Å². The summed E-state index contributed by atoms with van der Waals surface area (Å²) in [6.45, 7) is 14.4. The van der Waals surface area contributed by atoms with Gasteiger partial charge in [0, 0.05) is 37.0 Å². The highest BCUT2D eigenvalue weighted by molar-refractivity contribution is 5.70. The Labute approximate surface area is 313 Å². The number of aliphatic hydroxyl groups excluding tert-OH is 1. The largest absolute Gasteiger partial charge is 0.481 e. The van der Waals surface area contributed by atoms with Crippen molar-refractivity contribution in [2.75, 3.05) is 22.9 Å². The molecule has 0 unspecified atom stereocenters. The molecular formula is C38H55F6N7O3. The number of hydrogen-bond donors (Lipinski definition) is 3. The average molecular weight is 772 g/mol. The number of carbonyl (C=O) groups is 1. The second-order valence-electron chi connectivity index (χ2n) is 15.8. The number of carboxylic acids is 1. The first-order valence-corrected chi connectivity index (χ1v) is 18.2. The molecule has 5 rings (SSSR count). The van der Waals surface area contributed by atoms with Gasteiger partial charge in [-0.2, -0.15) is 31.1 Å². The fourth-order valence-electron chi connectivity index (χ4n) is 6.85. The number of fused-ring (bicyclic) bond motifs is 1. The van der Waals surface area contributed by atoms with Crippen LogP contribution in [-0.4, -0.2) is 61.1 Å². The molecule has 2 aromatic carbocycles. The van der Waals surface area contributed by atoms with Gasteiger partial charge in [0.25, 0.3) is 5.95 Å². The molecule has 0 radical (unpaired) electrons. The van der Waals surface area contributed by atoms with Gasteiger partial charge in [0.1, 0.15) is 0 Å². The van der Waals surface area contributed by atoms with Gasteiger partial charge >= 0.3 is 18.3 Å². The number of tetrazole rings is 1. The molecule has 4 N–H and O–H groups in total. The zero-order valence-corrected chi connectivity index (χ0v) is 32.4. The van der Waals surface area contributed by atoms with Crippen LogP contribution in [0.2, 0.25) is 0 Å². The summed E-state index contributed by atoms with van der Waals surface area (Å²) >= 11 is 0. The fourth-order valence-corrected chi connectivity index (χ4v) is 6.85. The van der Waals surface area contributed by atoms with Gasteiger partial charge in [-0.3, -0.25) is 4.79 Å². The Kier molecular flexibility index (Phi) is 14.9. The molecule has 1 aliphatic carbocycles. The molecule has 1 aliphatic heterocycles. The molecule has 16 heteroatoms. The molecule has 0 amide bonds. The minimum Gasteiger partial charge on any atom is -0.481 e. The van der Waals surface area contributed by atoms with Gasteiger partial charge in [0.2, 0.25) is 0 Å². The van der Waals surface area contributed by atoms with E-state index in [0.717, 1.165) is 53.9 Å². The maximum absolute atomic E-state index is 13.7. The third kappa shape index (κ3) is 13.4. The van der Waals surface area contributed by atoms with E-state index in [9.17, 15) is 36.2 Å². The number of benzene rings is 2. The summed E-state index contributed by atoms with van der Waals surface area (Å²) in [5.74, 6) is -0.690.